The molecule has 0 aromatic heterocycles. The normalized spacial score (nSPS) is 12.2. The van der Waals surface area contributed by atoms with Crippen LogP contribution in [-0.4, -0.2) is 14.2 Å². The second-order valence-corrected chi connectivity index (χ2v) is 4.54. The Hall–Kier alpha value is -1.94. The third-order valence-electron chi connectivity index (χ3n) is 3.29. The topological polar surface area (TPSA) is 21.3 Å². The summed E-state index contributed by atoms with van der Waals surface area (Å²) in [7, 11) is 3.44. The van der Waals surface area contributed by atoms with E-state index in [1.807, 2.05) is 31.3 Å². The maximum atomic E-state index is 13.3. The van der Waals surface area contributed by atoms with Gasteiger partial charge in [0.05, 0.1) is 7.11 Å². The second kappa shape index (κ2) is 6.48. The van der Waals surface area contributed by atoms with Gasteiger partial charge < -0.3 is 10.1 Å². The number of para-hydroxylation sites is 1. The predicted molar refractivity (Wildman–Crippen MR) is 74.9 cm³/mol. The Morgan fingerprint density at radius 3 is 2.50 bits per heavy atom. The molecule has 0 fully saturated rings. The molecule has 2 nitrogen and oxygen atoms in total. The smallest absolute Gasteiger partial charge is 0.159 e. The van der Waals surface area contributed by atoms with Crippen molar-refractivity contribution in [2.24, 2.45) is 0 Å². The minimum atomic E-state index is -0.827. The molecule has 20 heavy (non-hydrogen) atoms. The number of methoxy groups -OCH3 is 1. The number of halogens is 2. The third kappa shape index (κ3) is 3.14. The van der Waals surface area contributed by atoms with Crippen molar-refractivity contribution in [2.75, 3.05) is 14.2 Å². The number of rotatable bonds is 5. The zero-order valence-electron chi connectivity index (χ0n) is 11.5. The number of benzene rings is 2. The lowest BCUT2D eigenvalue weighted by Crippen LogP contribution is -2.19. The van der Waals surface area contributed by atoms with Gasteiger partial charge in [-0.05, 0) is 37.2 Å². The largest absolute Gasteiger partial charge is 0.496 e. The fourth-order valence-corrected chi connectivity index (χ4v) is 2.22. The van der Waals surface area contributed by atoms with Crippen molar-refractivity contribution in [3.63, 3.8) is 0 Å². The van der Waals surface area contributed by atoms with E-state index in [9.17, 15) is 8.78 Å². The first-order valence-corrected chi connectivity index (χ1v) is 6.39. The van der Waals surface area contributed by atoms with Gasteiger partial charge in [0.1, 0.15) is 5.75 Å². The summed E-state index contributed by atoms with van der Waals surface area (Å²) in [6.07, 6.45) is 0.550. The maximum Gasteiger partial charge on any atom is 0.159 e. The third-order valence-corrected chi connectivity index (χ3v) is 3.29. The Labute approximate surface area is 117 Å². The van der Waals surface area contributed by atoms with Gasteiger partial charge in [0.15, 0.2) is 11.6 Å². The standard InChI is InChI=1S/C16H17F2NO/c1-19-15(12-5-3-4-6-16(12)20-2)10-11-7-8-13(17)14(18)9-11/h3-9,15,19H,10H2,1-2H3. The summed E-state index contributed by atoms with van der Waals surface area (Å²) in [5, 5.41) is 3.18. The zero-order chi connectivity index (χ0) is 14.5. The van der Waals surface area contributed by atoms with Crippen LogP contribution in [-0.2, 0) is 6.42 Å². The highest BCUT2D eigenvalue weighted by Gasteiger charge is 2.15. The van der Waals surface area contributed by atoms with Gasteiger partial charge >= 0.3 is 0 Å². The van der Waals surface area contributed by atoms with E-state index in [0.717, 1.165) is 22.9 Å². The molecule has 2 rings (SSSR count). The first kappa shape index (κ1) is 14.5. The summed E-state index contributed by atoms with van der Waals surface area (Å²) < 4.78 is 31.5. The molecule has 0 heterocycles. The molecule has 106 valence electrons. The van der Waals surface area contributed by atoms with Gasteiger partial charge in [-0.2, -0.15) is 0 Å². The van der Waals surface area contributed by atoms with E-state index in [-0.39, 0.29) is 6.04 Å². The van der Waals surface area contributed by atoms with Crippen LogP contribution < -0.4 is 10.1 Å². The van der Waals surface area contributed by atoms with Crippen molar-refractivity contribution < 1.29 is 13.5 Å². The van der Waals surface area contributed by atoms with Crippen molar-refractivity contribution in [3.8, 4) is 5.75 Å². The van der Waals surface area contributed by atoms with E-state index in [2.05, 4.69) is 5.32 Å². The van der Waals surface area contributed by atoms with E-state index in [4.69, 9.17) is 4.74 Å². The highest BCUT2D eigenvalue weighted by molar-refractivity contribution is 5.37. The second-order valence-electron chi connectivity index (χ2n) is 4.54. The molecule has 0 aliphatic rings. The van der Waals surface area contributed by atoms with Crippen molar-refractivity contribution in [3.05, 3.63) is 65.2 Å². The summed E-state index contributed by atoms with van der Waals surface area (Å²) in [5.41, 5.74) is 1.72. The molecule has 0 aliphatic carbocycles. The Morgan fingerprint density at radius 1 is 1.10 bits per heavy atom. The van der Waals surface area contributed by atoms with E-state index >= 15 is 0 Å². The van der Waals surface area contributed by atoms with Crippen molar-refractivity contribution in [2.45, 2.75) is 12.5 Å². The van der Waals surface area contributed by atoms with Crippen molar-refractivity contribution >= 4 is 0 Å². The SMILES string of the molecule is CNC(Cc1ccc(F)c(F)c1)c1ccccc1OC. The highest BCUT2D eigenvalue weighted by Crippen LogP contribution is 2.27. The molecule has 2 aromatic rings. The maximum absolute atomic E-state index is 13.3. The predicted octanol–water partition coefficient (Wildman–Crippen LogP) is 3.48. The molecule has 1 N–H and O–H groups in total. The van der Waals surface area contributed by atoms with Crippen LogP contribution in [0.3, 0.4) is 0 Å². The van der Waals surface area contributed by atoms with Gasteiger partial charge in [0.25, 0.3) is 0 Å². The Kier molecular flexibility index (Phi) is 4.69. The molecule has 4 heteroatoms. The van der Waals surface area contributed by atoms with Gasteiger partial charge in [-0.25, -0.2) is 8.78 Å². The van der Waals surface area contributed by atoms with Crippen LogP contribution in [0.2, 0.25) is 0 Å². The minimum absolute atomic E-state index is 0.0315. The van der Waals surface area contributed by atoms with Gasteiger partial charge in [0, 0.05) is 11.6 Å². The molecule has 0 spiro atoms. The first-order chi connectivity index (χ1) is 9.65. The minimum Gasteiger partial charge on any atom is -0.496 e. The molecule has 1 unspecified atom stereocenters. The van der Waals surface area contributed by atoms with Gasteiger partial charge in [-0.1, -0.05) is 24.3 Å². The number of likely N-dealkylation sites (N-methyl/N-ethyl adjacent to an activating group) is 1. The fourth-order valence-electron chi connectivity index (χ4n) is 2.22. The first-order valence-electron chi connectivity index (χ1n) is 6.39. The van der Waals surface area contributed by atoms with Gasteiger partial charge in [-0.15, -0.1) is 0 Å². The quantitative estimate of drug-likeness (QED) is 0.903. The lowest BCUT2D eigenvalue weighted by atomic mass is 9.98. The molecule has 0 bridgehead atoms. The average molecular weight is 277 g/mol. The number of ether oxygens (including phenoxy) is 1. The van der Waals surface area contributed by atoms with Crippen LogP contribution in [0.15, 0.2) is 42.5 Å². The monoisotopic (exact) mass is 277 g/mol. The number of hydrogen-bond donors (Lipinski definition) is 1. The Bertz CT molecular complexity index is 586. The van der Waals surface area contributed by atoms with Crippen molar-refractivity contribution in [1.29, 1.82) is 0 Å². The zero-order valence-corrected chi connectivity index (χ0v) is 11.5. The fraction of sp³-hybridized carbons (Fsp3) is 0.250. The van der Waals surface area contributed by atoms with Crippen LogP contribution in [0.5, 0.6) is 5.75 Å². The van der Waals surface area contributed by atoms with Crippen LogP contribution >= 0.6 is 0 Å². The van der Waals surface area contributed by atoms with Gasteiger partial charge in [0.2, 0.25) is 0 Å². The van der Waals surface area contributed by atoms with E-state index in [0.29, 0.717) is 6.42 Å². The van der Waals surface area contributed by atoms with Crippen LogP contribution in [0.25, 0.3) is 0 Å². The highest BCUT2D eigenvalue weighted by atomic mass is 19.2. The number of hydrogen-bond acceptors (Lipinski definition) is 2. The summed E-state index contributed by atoms with van der Waals surface area (Å²) in [5.74, 6) is -0.876. The molecule has 0 aliphatic heterocycles. The van der Waals surface area contributed by atoms with Gasteiger partial charge in [-0.3, -0.25) is 0 Å². The molecule has 0 radical (unpaired) electrons. The van der Waals surface area contributed by atoms with Crippen LogP contribution in [0.1, 0.15) is 17.2 Å². The summed E-state index contributed by atoms with van der Waals surface area (Å²) >= 11 is 0. The molecule has 2 aromatic carbocycles. The van der Waals surface area contributed by atoms with E-state index < -0.39 is 11.6 Å². The molecule has 0 saturated heterocycles. The molecule has 1 atom stereocenters. The lowest BCUT2D eigenvalue weighted by molar-refractivity contribution is 0.401. The average Bonchev–Trinajstić information content (AvgIpc) is 2.48. The molecular weight excluding hydrogens is 260 g/mol. The number of nitrogens with one attached hydrogen (secondary N) is 1. The molecule has 0 amide bonds. The Morgan fingerprint density at radius 2 is 1.85 bits per heavy atom. The van der Waals surface area contributed by atoms with Crippen molar-refractivity contribution in [1.82, 2.24) is 5.32 Å². The molecular formula is C16H17F2NO. The van der Waals surface area contributed by atoms with Crippen LogP contribution in [0, 0.1) is 11.6 Å². The molecule has 0 saturated carbocycles. The Balaban J connectivity index is 2.26. The lowest BCUT2D eigenvalue weighted by Gasteiger charge is -2.19. The summed E-state index contributed by atoms with van der Waals surface area (Å²) in [4.78, 5) is 0. The summed E-state index contributed by atoms with van der Waals surface area (Å²) in [6, 6.07) is 11.6. The van der Waals surface area contributed by atoms with E-state index in [1.54, 1.807) is 13.2 Å². The van der Waals surface area contributed by atoms with E-state index in [1.165, 1.54) is 6.07 Å². The van der Waals surface area contributed by atoms with Crippen LogP contribution in [0.4, 0.5) is 8.78 Å². The summed E-state index contributed by atoms with van der Waals surface area (Å²) in [6.45, 7) is 0.